The lowest BCUT2D eigenvalue weighted by molar-refractivity contribution is 0.466. The van der Waals surface area contributed by atoms with Crippen molar-refractivity contribution in [2.24, 2.45) is 0 Å². The molecular formula is C48H40N3+. The van der Waals surface area contributed by atoms with E-state index in [-0.39, 0.29) is 0 Å². The van der Waals surface area contributed by atoms with Crippen molar-refractivity contribution in [2.75, 3.05) is 4.90 Å². The number of hydrogen-bond acceptors (Lipinski definition) is 1. The smallest absolute Gasteiger partial charge is 0.225 e. The summed E-state index contributed by atoms with van der Waals surface area (Å²) in [6.45, 7) is 6.75. The van der Waals surface area contributed by atoms with Crippen molar-refractivity contribution < 1.29 is 0 Å². The molecule has 1 unspecified atom stereocenters. The average molecular weight is 659 g/mol. The molecule has 0 spiro atoms. The molecule has 5 aromatic carbocycles. The van der Waals surface area contributed by atoms with E-state index >= 15 is 0 Å². The quantitative estimate of drug-likeness (QED) is 0.128. The molecule has 1 aromatic heterocycles. The van der Waals surface area contributed by atoms with Crippen LogP contribution in [0.25, 0.3) is 33.7 Å². The predicted octanol–water partition coefficient (Wildman–Crippen LogP) is 12.5. The molecule has 9 rings (SSSR count). The Morgan fingerprint density at radius 3 is 2.29 bits per heavy atom. The minimum absolute atomic E-state index is 0.496. The number of hydrogen-bond donors (Lipinski definition) is 0. The van der Waals surface area contributed by atoms with Gasteiger partial charge in [-0.3, -0.25) is 0 Å². The fourth-order valence-electron chi connectivity index (χ4n) is 8.08. The third-order valence-electron chi connectivity index (χ3n) is 10.6. The number of nitrogens with zero attached hydrogens (tertiary/aromatic N) is 3. The fraction of sp³-hybridized carbons (Fsp3) is 0.104. The number of para-hydroxylation sites is 3. The van der Waals surface area contributed by atoms with Crippen molar-refractivity contribution in [1.82, 2.24) is 9.14 Å². The second-order valence-electron chi connectivity index (χ2n) is 13.6. The van der Waals surface area contributed by atoms with Crippen molar-refractivity contribution in [1.29, 1.82) is 0 Å². The fourth-order valence-corrected chi connectivity index (χ4v) is 8.08. The van der Waals surface area contributed by atoms with Crippen molar-refractivity contribution in [3.8, 4) is 11.1 Å². The maximum absolute atomic E-state index is 4.46. The molecule has 3 aliphatic rings. The Labute approximate surface area is 300 Å². The van der Waals surface area contributed by atoms with Crippen LogP contribution < -0.4 is 9.48 Å². The highest BCUT2D eigenvalue weighted by molar-refractivity contribution is 6.22. The zero-order chi connectivity index (χ0) is 34.3. The Morgan fingerprint density at radius 1 is 0.745 bits per heavy atom. The molecule has 6 aromatic rings. The van der Waals surface area contributed by atoms with Crippen LogP contribution in [-0.2, 0) is 0 Å². The minimum Gasteiger partial charge on any atom is -0.341 e. The zero-order valence-corrected chi connectivity index (χ0v) is 28.9. The molecule has 51 heavy (non-hydrogen) atoms. The normalized spacial score (nSPS) is 17.9. The van der Waals surface area contributed by atoms with E-state index in [1.54, 1.807) is 0 Å². The maximum atomic E-state index is 4.46. The van der Waals surface area contributed by atoms with Crippen LogP contribution in [-0.4, -0.2) is 10.3 Å². The lowest BCUT2D eigenvalue weighted by atomic mass is 9.91. The summed E-state index contributed by atoms with van der Waals surface area (Å²) in [7, 11) is 0. The lowest BCUT2D eigenvalue weighted by Crippen LogP contribution is -2.27. The van der Waals surface area contributed by atoms with Gasteiger partial charge in [0, 0.05) is 69.9 Å². The highest BCUT2D eigenvalue weighted by atomic mass is 15.1. The first-order chi connectivity index (χ1) is 25.2. The van der Waals surface area contributed by atoms with Gasteiger partial charge in [-0.05, 0) is 97.5 Å². The van der Waals surface area contributed by atoms with Crippen molar-refractivity contribution in [3.63, 3.8) is 0 Å². The van der Waals surface area contributed by atoms with Gasteiger partial charge in [0.25, 0.3) is 0 Å². The lowest BCUT2D eigenvalue weighted by Gasteiger charge is -2.26. The van der Waals surface area contributed by atoms with Gasteiger partial charge in [0.1, 0.15) is 5.56 Å². The van der Waals surface area contributed by atoms with Gasteiger partial charge >= 0.3 is 0 Å². The van der Waals surface area contributed by atoms with Crippen LogP contribution in [0.4, 0.5) is 22.7 Å². The van der Waals surface area contributed by atoms with Gasteiger partial charge in [0.2, 0.25) is 17.1 Å². The summed E-state index contributed by atoms with van der Waals surface area (Å²) in [4.78, 5) is 2.24. The zero-order valence-electron chi connectivity index (χ0n) is 28.9. The number of anilines is 2. The molecule has 0 saturated carbocycles. The maximum Gasteiger partial charge on any atom is 0.225 e. The predicted molar refractivity (Wildman–Crippen MR) is 218 cm³/mol. The van der Waals surface area contributed by atoms with Gasteiger partial charge in [-0.25, -0.2) is 0 Å². The third-order valence-corrected chi connectivity index (χ3v) is 10.6. The first-order valence-corrected chi connectivity index (χ1v) is 18.0. The molecule has 0 bridgehead atoms. The van der Waals surface area contributed by atoms with E-state index in [1.165, 1.54) is 62.4 Å². The summed E-state index contributed by atoms with van der Waals surface area (Å²) in [5, 5.41) is 1.32. The van der Waals surface area contributed by atoms with E-state index in [9.17, 15) is 0 Å². The molecule has 2 aliphatic heterocycles. The summed E-state index contributed by atoms with van der Waals surface area (Å²) >= 11 is 0. The van der Waals surface area contributed by atoms with Crippen LogP contribution in [0.3, 0.4) is 0 Å². The van der Waals surface area contributed by atoms with Gasteiger partial charge in [0.05, 0.1) is 5.69 Å². The van der Waals surface area contributed by atoms with E-state index in [0.29, 0.717) is 6.04 Å². The van der Waals surface area contributed by atoms with Crippen LogP contribution in [0.1, 0.15) is 47.7 Å². The SMILES string of the molecule is C=C1/C=C\C=C/N(c2ccccc2)c2ccc(-c3ccc4c(c3)C(/C=C\c3c(C)n(C5CC=CCC5)c5ccccc35)=[N+]4c3ccccc3)cc21. The highest BCUT2D eigenvalue weighted by Crippen LogP contribution is 2.41. The molecule has 246 valence electrons. The molecule has 1 aliphatic carbocycles. The molecule has 0 radical (unpaired) electrons. The average Bonchev–Trinajstić information content (AvgIpc) is 3.46. The van der Waals surface area contributed by atoms with E-state index in [2.05, 4.69) is 198 Å². The van der Waals surface area contributed by atoms with E-state index in [1.807, 2.05) is 0 Å². The molecule has 1 atom stereocenters. The monoisotopic (exact) mass is 658 g/mol. The highest BCUT2D eigenvalue weighted by Gasteiger charge is 2.36. The van der Waals surface area contributed by atoms with Gasteiger partial charge < -0.3 is 9.47 Å². The van der Waals surface area contributed by atoms with Crippen LogP contribution in [0.15, 0.2) is 171 Å². The molecule has 3 heterocycles. The van der Waals surface area contributed by atoms with E-state index < -0.39 is 0 Å². The molecule has 0 N–H and O–H groups in total. The van der Waals surface area contributed by atoms with Crippen LogP contribution in [0.5, 0.6) is 0 Å². The Bertz CT molecular complexity index is 2470. The summed E-state index contributed by atoms with van der Waals surface area (Å²) in [6.07, 6.45) is 21.1. The molecule has 0 amide bonds. The number of allylic oxidation sites excluding steroid dienone is 7. The van der Waals surface area contributed by atoms with Crippen molar-refractivity contribution >= 4 is 51.0 Å². The second kappa shape index (κ2) is 12.9. The van der Waals surface area contributed by atoms with Gasteiger partial charge in [-0.15, -0.1) is 0 Å². The number of benzene rings is 5. The first-order valence-electron chi connectivity index (χ1n) is 18.0. The Morgan fingerprint density at radius 2 is 1.49 bits per heavy atom. The standard InChI is InChI=1S/C48H40N3/c1-34-16-14-15-31-49(38-17-6-3-7-18-38)45-28-25-36(32-43(34)45)37-26-29-47-44(33-37)48(51(47)40-21-10-5-11-22-40)30-27-41-35(2)50(39-19-8-4-9-20-39)46-24-13-12-23-42(41)46/h3-8,10-18,21-33,39H,1,9,19-20H2,2H3/q+1/b16-14-,31-15-. The van der Waals surface area contributed by atoms with E-state index in [0.717, 1.165) is 35.4 Å². The third kappa shape index (κ3) is 5.43. The molecule has 0 saturated heterocycles. The van der Waals surface area contributed by atoms with Gasteiger partial charge in [-0.1, -0.05) is 91.5 Å². The van der Waals surface area contributed by atoms with Crippen molar-refractivity contribution in [3.05, 3.63) is 193 Å². The number of aromatic nitrogens is 1. The largest absolute Gasteiger partial charge is 0.341 e. The summed E-state index contributed by atoms with van der Waals surface area (Å²) in [6, 6.07) is 44.3. The topological polar surface area (TPSA) is 11.2 Å². The molecule has 3 heteroatoms. The molecular weight excluding hydrogens is 619 g/mol. The van der Waals surface area contributed by atoms with Gasteiger partial charge in [-0.2, -0.15) is 4.58 Å². The summed E-state index contributed by atoms with van der Waals surface area (Å²) in [5.41, 5.74) is 15.5. The summed E-state index contributed by atoms with van der Waals surface area (Å²) < 4.78 is 4.97. The Kier molecular flexibility index (Phi) is 7.82. The molecule has 3 nitrogen and oxygen atoms in total. The van der Waals surface area contributed by atoms with Crippen LogP contribution in [0, 0.1) is 6.92 Å². The second-order valence-corrected chi connectivity index (χ2v) is 13.6. The van der Waals surface area contributed by atoms with Crippen LogP contribution >= 0.6 is 0 Å². The van der Waals surface area contributed by atoms with E-state index in [4.69, 9.17) is 0 Å². The minimum atomic E-state index is 0.496. The molecule has 0 fully saturated rings. The van der Waals surface area contributed by atoms with Crippen LogP contribution in [0.2, 0.25) is 0 Å². The number of fused-ring (bicyclic) bond motifs is 3. The first kappa shape index (κ1) is 30.8. The summed E-state index contributed by atoms with van der Waals surface area (Å²) in [5.74, 6) is 0. The Hall–Kier alpha value is -6.19. The van der Waals surface area contributed by atoms with Crippen molar-refractivity contribution in [2.45, 2.75) is 32.2 Å². The number of rotatable bonds is 6. The van der Waals surface area contributed by atoms with Gasteiger partial charge in [0.15, 0.2) is 0 Å². The Balaban J connectivity index is 1.13.